The van der Waals surface area contributed by atoms with Crippen molar-refractivity contribution < 1.29 is 14.4 Å². The van der Waals surface area contributed by atoms with E-state index in [1.165, 1.54) is 7.11 Å². The number of hydrogen-bond acceptors (Lipinski definition) is 4. The Morgan fingerprint density at radius 2 is 1.58 bits per heavy atom. The Hall–Kier alpha value is -3.15. The second kappa shape index (κ2) is 9.36. The van der Waals surface area contributed by atoms with Crippen molar-refractivity contribution in [2.24, 2.45) is 5.16 Å². The molecule has 136 valence electrons. The lowest BCUT2D eigenvalue weighted by Crippen LogP contribution is -2.30. The maximum Gasteiger partial charge on any atom is 0.255 e. The molecule has 0 fully saturated rings. The van der Waals surface area contributed by atoms with Crippen molar-refractivity contribution in [3.05, 3.63) is 65.2 Å². The Balaban J connectivity index is 2.03. The average Bonchev–Trinajstić information content (AvgIpc) is 2.68. The van der Waals surface area contributed by atoms with E-state index in [0.717, 1.165) is 5.56 Å². The topological polar surface area (TPSA) is 71.0 Å². The van der Waals surface area contributed by atoms with Gasteiger partial charge in [0, 0.05) is 29.9 Å². The molecule has 2 aromatic carbocycles. The van der Waals surface area contributed by atoms with E-state index in [0.29, 0.717) is 29.9 Å². The predicted octanol–water partition coefficient (Wildman–Crippen LogP) is 3.40. The van der Waals surface area contributed by atoms with Gasteiger partial charge in [-0.1, -0.05) is 17.3 Å². The van der Waals surface area contributed by atoms with Gasteiger partial charge in [-0.05, 0) is 55.8 Å². The first kappa shape index (κ1) is 19.2. The first-order valence-electron chi connectivity index (χ1n) is 8.46. The average molecular weight is 353 g/mol. The van der Waals surface area contributed by atoms with Crippen LogP contribution in [0.2, 0.25) is 0 Å². The normalized spacial score (nSPS) is 10.6. The van der Waals surface area contributed by atoms with Gasteiger partial charge in [-0.15, -0.1) is 0 Å². The molecule has 6 nitrogen and oxygen atoms in total. The third-order valence-electron chi connectivity index (χ3n) is 3.92. The van der Waals surface area contributed by atoms with Crippen LogP contribution >= 0.6 is 0 Å². The molecule has 0 atom stereocenters. The van der Waals surface area contributed by atoms with Crippen LogP contribution in [0.1, 0.15) is 40.1 Å². The van der Waals surface area contributed by atoms with E-state index >= 15 is 0 Å². The van der Waals surface area contributed by atoms with Gasteiger partial charge in [-0.3, -0.25) is 9.59 Å². The van der Waals surface area contributed by atoms with E-state index in [1.807, 2.05) is 13.8 Å². The number of anilines is 1. The minimum atomic E-state index is -0.219. The summed E-state index contributed by atoms with van der Waals surface area (Å²) in [6.07, 6.45) is 1.56. The van der Waals surface area contributed by atoms with Crippen LogP contribution in [0.4, 0.5) is 5.69 Å². The van der Waals surface area contributed by atoms with Crippen LogP contribution in [-0.4, -0.2) is 43.1 Å². The summed E-state index contributed by atoms with van der Waals surface area (Å²) in [6.45, 7) is 5.22. The van der Waals surface area contributed by atoms with Crippen molar-refractivity contribution in [3.8, 4) is 0 Å². The first-order chi connectivity index (χ1) is 12.6. The molecule has 0 saturated carbocycles. The quantitative estimate of drug-likeness (QED) is 0.612. The maximum absolute atomic E-state index is 12.3. The monoisotopic (exact) mass is 353 g/mol. The lowest BCUT2D eigenvalue weighted by molar-refractivity contribution is 0.0773. The van der Waals surface area contributed by atoms with E-state index in [1.54, 1.807) is 59.6 Å². The van der Waals surface area contributed by atoms with Crippen molar-refractivity contribution in [1.29, 1.82) is 0 Å². The summed E-state index contributed by atoms with van der Waals surface area (Å²) in [5, 5.41) is 6.50. The first-order valence-corrected chi connectivity index (χ1v) is 8.46. The molecule has 6 heteroatoms. The second-order valence-electron chi connectivity index (χ2n) is 5.55. The third kappa shape index (κ3) is 4.92. The molecule has 0 saturated heterocycles. The molecule has 0 bridgehead atoms. The highest BCUT2D eigenvalue weighted by atomic mass is 16.6. The maximum atomic E-state index is 12.3. The smallest absolute Gasteiger partial charge is 0.255 e. The fourth-order valence-corrected chi connectivity index (χ4v) is 2.43. The van der Waals surface area contributed by atoms with Gasteiger partial charge in [-0.25, -0.2) is 0 Å². The molecule has 0 aromatic heterocycles. The molecule has 0 radical (unpaired) electrons. The molecule has 0 heterocycles. The molecular formula is C20H23N3O3. The summed E-state index contributed by atoms with van der Waals surface area (Å²) in [4.78, 5) is 31.0. The highest BCUT2D eigenvalue weighted by molar-refractivity contribution is 6.05. The molecule has 0 spiro atoms. The summed E-state index contributed by atoms with van der Waals surface area (Å²) in [5.41, 5.74) is 2.61. The van der Waals surface area contributed by atoms with E-state index in [2.05, 4.69) is 15.3 Å². The summed E-state index contributed by atoms with van der Waals surface area (Å²) in [5.74, 6) is -0.232. The summed E-state index contributed by atoms with van der Waals surface area (Å²) in [7, 11) is 1.47. The Kier molecular flexibility index (Phi) is 6.91. The molecule has 0 aliphatic carbocycles. The predicted molar refractivity (Wildman–Crippen MR) is 103 cm³/mol. The molecule has 26 heavy (non-hydrogen) atoms. The second-order valence-corrected chi connectivity index (χ2v) is 5.55. The molecule has 2 rings (SSSR count). The number of rotatable bonds is 7. The van der Waals surface area contributed by atoms with Gasteiger partial charge in [0.2, 0.25) is 0 Å². The van der Waals surface area contributed by atoms with Crippen LogP contribution in [0.3, 0.4) is 0 Å². The van der Waals surface area contributed by atoms with Crippen molar-refractivity contribution in [2.45, 2.75) is 13.8 Å². The number of oxime groups is 1. The van der Waals surface area contributed by atoms with Crippen molar-refractivity contribution >= 4 is 23.7 Å². The van der Waals surface area contributed by atoms with E-state index in [-0.39, 0.29) is 11.8 Å². The Bertz CT molecular complexity index is 764. The molecule has 0 aliphatic rings. The molecular weight excluding hydrogens is 330 g/mol. The van der Waals surface area contributed by atoms with E-state index < -0.39 is 0 Å². The lowest BCUT2D eigenvalue weighted by Gasteiger charge is -2.18. The third-order valence-corrected chi connectivity index (χ3v) is 3.92. The molecule has 1 N–H and O–H groups in total. The fourth-order valence-electron chi connectivity index (χ4n) is 2.43. The fraction of sp³-hybridized carbons (Fsp3) is 0.250. The van der Waals surface area contributed by atoms with Gasteiger partial charge in [0.05, 0.1) is 6.21 Å². The van der Waals surface area contributed by atoms with Gasteiger partial charge in [0.15, 0.2) is 0 Å². The summed E-state index contributed by atoms with van der Waals surface area (Å²) < 4.78 is 0. The number of hydrogen-bond donors (Lipinski definition) is 1. The van der Waals surface area contributed by atoms with Crippen molar-refractivity contribution in [3.63, 3.8) is 0 Å². The molecule has 0 aliphatic heterocycles. The number of carbonyl (C=O) groups is 2. The van der Waals surface area contributed by atoms with Gasteiger partial charge in [-0.2, -0.15) is 0 Å². The number of benzene rings is 2. The zero-order valence-corrected chi connectivity index (χ0v) is 15.2. The highest BCUT2D eigenvalue weighted by Gasteiger charge is 2.12. The standard InChI is InChI=1S/C20H23N3O3/c1-4-23(5-2)20(25)17-10-12-18(13-11-17)22-19(24)16-8-6-15(7-9-16)14-21-26-3/h6-14H,4-5H2,1-3H3,(H,22,24)/b21-14+. The zero-order valence-electron chi connectivity index (χ0n) is 15.2. The minimum Gasteiger partial charge on any atom is -0.399 e. The van der Waals surface area contributed by atoms with Crippen molar-refractivity contribution in [1.82, 2.24) is 4.90 Å². The van der Waals surface area contributed by atoms with Crippen LogP contribution < -0.4 is 5.32 Å². The Morgan fingerprint density at radius 1 is 1.00 bits per heavy atom. The van der Waals surface area contributed by atoms with Crippen LogP contribution in [0.5, 0.6) is 0 Å². The summed E-state index contributed by atoms with van der Waals surface area (Å²) in [6, 6.07) is 13.9. The number of amides is 2. The van der Waals surface area contributed by atoms with Gasteiger partial charge < -0.3 is 15.1 Å². The van der Waals surface area contributed by atoms with Gasteiger partial charge in [0.25, 0.3) is 11.8 Å². The van der Waals surface area contributed by atoms with E-state index in [9.17, 15) is 9.59 Å². The van der Waals surface area contributed by atoms with Crippen LogP contribution in [-0.2, 0) is 4.84 Å². The van der Waals surface area contributed by atoms with E-state index in [4.69, 9.17) is 0 Å². The molecule has 2 aromatic rings. The lowest BCUT2D eigenvalue weighted by atomic mass is 10.1. The Morgan fingerprint density at radius 3 is 2.12 bits per heavy atom. The minimum absolute atomic E-state index is 0.0128. The number of carbonyl (C=O) groups excluding carboxylic acids is 2. The Labute approximate surface area is 153 Å². The molecule has 2 amide bonds. The number of nitrogens with one attached hydrogen (secondary N) is 1. The van der Waals surface area contributed by atoms with Gasteiger partial charge >= 0.3 is 0 Å². The van der Waals surface area contributed by atoms with Crippen LogP contribution in [0, 0.1) is 0 Å². The van der Waals surface area contributed by atoms with Gasteiger partial charge in [0.1, 0.15) is 7.11 Å². The van der Waals surface area contributed by atoms with Crippen LogP contribution in [0.15, 0.2) is 53.7 Å². The zero-order chi connectivity index (χ0) is 18.9. The highest BCUT2D eigenvalue weighted by Crippen LogP contribution is 2.13. The van der Waals surface area contributed by atoms with Crippen LogP contribution in [0.25, 0.3) is 0 Å². The summed E-state index contributed by atoms with van der Waals surface area (Å²) >= 11 is 0. The molecule has 0 unspecified atom stereocenters. The number of nitrogens with zero attached hydrogens (tertiary/aromatic N) is 2. The largest absolute Gasteiger partial charge is 0.399 e. The SMILES string of the molecule is CCN(CC)C(=O)c1ccc(NC(=O)c2ccc(/C=N/OC)cc2)cc1. The van der Waals surface area contributed by atoms with Crippen molar-refractivity contribution in [2.75, 3.05) is 25.5 Å².